The largest absolute Gasteiger partial charge is 0.372 e. The number of hydrogen-bond donors (Lipinski definition) is 1. The van der Waals surface area contributed by atoms with Gasteiger partial charge in [-0.05, 0) is 27.8 Å². The van der Waals surface area contributed by atoms with Crippen LogP contribution in [0.25, 0.3) is 0 Å². The number of anilines is 1. The summed E-state index contributed by atoms with van der Waals surface area (Å²) < 4.78 is 5.75. The molecule has 1 aliphatic heterocycles. The number of aryl methyl sites for hydroxylation is 1. The van der Waals surface area contributed by atoms with Gasteiger partial charge in [0.25, 0.3) is 0 Å². The van der Waals surface area contributed by atoms with Crippen molar-refractivity contribution < 1.29 is 4.74 Å². The van der Waals surface area contributed by atoms with Crippen molar-refractivity contribution in [2.75, 3.05) is 25.0 Å². The standard InChI is InChI=1S/C12H21N3OS/c1-8-6-15(7-9(2)16-8)12-14-10(3)11(17-12)5-13-4/h8-9,13H,5-7H2,1-4H3/t8-,9+. The maximum atomic E-state index is 5.75. The molecule has 1 aliphatic rings. The van der Waals surface area contributed by atoms with Crippen molar-refractivity contribution in [2.24, 2.45) is 0 Å². The van der Waals surface area contributed by atoms with E-state index in [1.165, 1.54) is 4.88 Å². The third kappa shape index (κ3) is 2.97. The lowest BCUT2D eigenvalue weighted by Crippen LogP contribution is -2.45. The van der Waals surface area contributed by atoms with E-state index in [9.17, 15) is 0 Å². The average Bonchev–Trinajstić information content (AvgIpc) is 2.60. The third-order valence-electron chi connectivity index (χ3n) is 2.91. The van der Waals surface area contributed by atoms with Gasteiger partial charge in [-0.1, -0.05) is 0 Å². The summed E-state index contributed by atoms with van der Waals surface area (Å²) >= 11 is 1.79. The Balaban J connectivity index is 2.13. The number of morpholine rings is 1. The molecule has 2 heterocycles. The van der Waals surface area contributed by atoms with Crippen LogP contribution in [-0.4, -0.2) is 37.3 Å². The summed E-state index contributed by atoms with van der Waals surface area (Å²) in [4.78, 5) is 8.34. The molecule has 0 spiro atoms. The molecule has 2 rings (SSSR count). The molecule has 4 nitrogen and oxygen atoms in total. The van der Waals surface area contributed by atoms with E-state index in [2.05, 4.69) is 36.0 Å². The Labute approximate surface area is 107 Å². The molecule has 96 valence electrons. The van der Waals surface area contributed by atoms with Crippen molar-refractivity contribution in [3.63, 3.8) is 0 Å². The molecule has 1 aromatic heterocycles. The minimum Gasteiger partial charge on any atom is -0.372 e. The molecule has 1 saturated heterocycles. The summed E-state index contributed by atoms with van der Waals surface area (Å²) in [5.41, 5.74) is 1.14. The van der Waals surface area contributed by atoms with Gasteiger partial charge < -0.3 is 15.0 Å². The molecule has 0 aromatic carbocycles. The number of nitrogens with zero attached hydrogens (tertiary/aromatic N) is 2. The normalized spacial score (nSPS) is 25.3. The maximum absolute atomic E-state index is 5.75. The second-order valence-corrected chi connectivity index (χ2v) is 5.76. The van der Waals surface area contributed by atoms with E-state index in [4.69, 9.17) is 4.74 Å². The highest BCUT2D eigenvalue weighted by Crippen LogP contribution is 2.28. The third-order valence-corrected chi connectivity index (χ3v) is 4.13. The van der Waals surface area contributed by atoms with Gasteiger partial charge in [0.1, 0.15) is 0 Å². The van der Waals surface area contributed by atoms with Crippen molar-refractivity contribution in [1.29, 1.82) is 0 Å². The summed E-state index contributed by atoms with van der Waals surface area (Å²) in [6, 6.07) is 0. The summed E-state index contributed by atoms with van der Waals surface area (Å²) in [6.07, 6.45) is 0.575. The summed E-state index contributed by atoms with van der Waals surface area (Å²) in [5.74, 6) is 0. The van der Waals surface area contributed by atoms with Crippen molar-refractivity contribution in [2.45, 2.75) is 39.5 Å². The first kappa shape index (κ1) is 12.8. The number of rotatable bonds is 3. The summed E-state index contributed by atoms with van der Waals surface area (Å²) in [6.45, 7) is 9.11. The smallest absolute Gasteiger partial charge is 0.185 e. The predicted octanol–water partition coefficient (Wildman–Crippen LogP) is 1.78. The first-order chi connectivity index (χ1) is 8.10. The molecule has 0 radical (unpaired) electrons. The van der Waals surface area contributed by atoms with Crippen molar-refractivity contribution in [1.82, 2.24) is 10.3 Å². The molecule has 5 heteroatoms. The molecule has 1 N–H and O–H groups in total. The Hall–Kier alpha value is -0.650. The molecule has 0 amide bonds. The fourth-order valence-electron chi connectivity index (χ4n) is 2.21. The molecular weight excluding hydrogens is 234 g/mol. The van der Waals surface area contributed by atoms with Crippen LogP contribution in [-0.2, 0) is 11.3 Å². The highest BCUT2D eigenvalue weighted by Gasteiger charge is 2.24. The van der Waals surface area contributed by atoms with Gasteiger partial charge in [0.2, 0.25) is 0 Å². The Kier molecular flexibility index (Phi) is 4.01. The zero-order valence-electron chi connectivity index (χ0n) is 11.0. The minimum absolute atomic E-state index is 0.288. The molecular formula is C12H21N3OS. The number of hydrogen-bond acceptors (Lipinski definition) is 5. The van der Waals surface area contributed by atoms with Gasteiger partial charge in [0.15, 0.2) is 5.13 Å². The van der Waals surface area contributed by atoms with Gasteiger partial charge in [-0.3, -0.25) is 0 Å². The summed E-state index contributed by atoms with van der Waals surface area (Å²) in [5, 5.41) is 4.32. The van der Waals surface area contributed by atoms with Gasteiger partial charge in [-0.25, -0.2) is 4.98 Å². The molecule has 17 heavy (non-hydrogen) atoms. The fourth-order valence-corrected chi connectivity index (χ4v) is 3.30. The Morgan fingerprint density at radius 3 is 2.65 bits per heavy atom. The topological polar surface area (TPSA) is 37.4 Å². The van der Waals surface area contributed by atoms with Crippen molar-refractivity contribution in [3.8, 4) is 0 Å². The maximum Gasteiger partial charge on any atom is 0.185 e. The van der Waals surface area contributed by atoms with Gasteiger partial charge in [-0.15, -0.1) is 11.3 Å². The van der Waals surface area contributed by atoms with Crippen LogP contribution in [0.4, 0.5) is 5.13 Å². The summed E-state index contributed by atoms with van der Waals surface area (Å²) in [7, 11) is 1.97. The van der Waals surface area contributed by atoms with E-state index in [1.54, 1.807) is 11.3 Å². The zero-order chi connectivity index (χ0) is 12.4. The van der Waals surface area contributed by atoms with Crippen molar-refractivity contribution in [3.05, 3.63) is 10.6 Å². The minimum atomic E-state index is 0.288. The predicted molar refractivity (Wildman–Crippen MR) is 71.8 cm³/mol. The van der Waals surface area contributed by atoms with E-state index in [0.717, 1.165) is 30.5 Å². The van der Waals surface area contributed by atoms with Crippen LogP contribution in [0.2, 0.25) is 0 Å². The Bertz CT molecular complexity index is 370. The van der Waals surface area contributed by atoms with Crippen LogP contribution in [0.1, 0.15) is 24.4 Å². The van der Waals surface area contributed by atoms with Crippen LogP contribution >= 0.6 is 11.3 Å². The molecule has 0 unspecified atom stereocenters. The second kappa shape index (κ2) is 5.33. The molecule has 0 bridgehead atoms. The molecule has 0 aliphatic carbocycles. The van der Waals surface area contributed by atoms with Gasteiger partial charge in [-0.2, -0.15) is 0 Å². The molecule has 1 aromatic rings. The highest BCUT2D eigenvalue weighted by molar-refractivity contribution is 7.15. The number of aromatic nitrogens is 1. The lowest BCUT2D eigenvalue weighted by Gasteiger charge is -2.35. The SMILES string of the molecule is CNCc1sc(N2C[C@@H](C)O[C@@H](C)C2)nc1C. The van der Waals surface area contributed by atoms with E-state index in [0.29, 0.717) is 0 Å². The Morgan fingerprint density at radius 2 is 2.06 bits per heavy atom. The first-order valence-corrected chi connectivity index (χ1v) is 6.93. The lowest BCUT2D eigenvalue weighted by molar-refractivity contribution is -0.00523. The van der Waals surface area contributed by atoms with E-state index in [1.807, 2.05) is 7.05 Å². The quantitative estimate of drug-likeness (QED) is 0.893. The van der Waals surface area contributed by atoms with Gasteiger partial charge in [0.05, 0.1) is 17.9 Å². The highest BCUT2D eigenvalue weighted by atomic mass is 32.1. The number of nitrogens with one attached hydrogen (secondary N) is 1. The van der Waals surface area contributed by atoms with E-state index in [-0.39, 0.29) is 12.2 Å². The second-order valence-electron chi connectivity index (χ2n) is 4.70. The van der Waals surface area contributed by atoms with Crippen LogP contribution in [0.5, 0.6) is 0 Å². The van der Waals surface area contributed by atoms with E-state index < -0.39 is 0 Å². The van der Waals surface area contributed by atoms with Crippen LogP contribution in [0, 0.1) is 6.92 Å². The lowest BCUT2D eigenvalue weighted by atomic mass is 10.2. The zero-order valence-corrected chi connectivity index (χ0v) is 11.8. The van der Waals surface area contributed by atoms with Gasteiger partial charge in [0, 0.05) is 24.5 Å². The molecule has 0 saturated carbocycles. The number of ether oxygens (including phenoxy) is 1. The first-order valence-electron chi connectivity index (χ1n) is 6.11. The number of thiazole rings is 1. The van der Waals surface area contributed by atoms with Crippen LogP contribution < -0.4 is 10.2 Å². The van der Waals surface area contributed by atoms with Gasteiger partial charge >= 0.3 is 0 Å². The van der Waals surface area contributed by atoms with Crippen LogP contribution in [0.15, 0.2) is 0 Å². The molecule has 1 fully saturated rings. The van der Waals surface area contributed by atoms with E-state index >= 15 is 0 Å². The molecule has 2 atom stereocenters. The van der Waals surface area contributed by atoms with Crippen LogP contribution in [0.3, 0.4) is 0 Å². The monoisotopic (exact) mass is 255 g/mol. The fraction of sp³-hybridized carbons (Fsp3) is 0.750. The van der Waals surface area contributed by atoms with Crippen molar-refractivity contribution >= 4 is 16.5 Å². The average molecular weight is 255 g/mol. The Morgan fingerprint density at radius 1 is 1.41 bits per heavy atom.